The molecule has 22 heteroatoms. The number of thiazole rings is 1. The molecule has 1 saturated heterocycles. The fraction of sp³-hybridized carbons (Fsp3) is 0.636. The molecule has 21 nitrogen and oxygen atoms in total. The third kappa shape index (κ3) is 22.7. The fourth-order valence-corrected chi connectivity index (χ4v) is 12.2. The Balaban J connectivity index is 1.38. The van der Waals surface area contributed by atoms with Crippen LogP contribution in [-0.4, -0.2) is 144 Å². The quantitative estimate of drug-likeness (QED) is 0.0343. The first-order valence-corrected chi connectivity index (χ1v) is 31.8. The molecule has 0 aliphatic carbocycles. The monoisotopic (exact) mass is 1240 g/mol. The number of amides is 7. The highest BCUT2D eigenvalue weighted by Gasteiger charge is 2.44. The standard InChI is InChI=1S/C66H100N8O13S/c1-16-42(6)57(53(84-14)38-55(78)74-32-21-25-50(74)58(85-15)43(7)51(75)36-47(60-68-31-33-88-60)34-44-22-18-17-19-23-44)73(13)61(80)49(40(2)3)37-54(77)66(11,12)72-64(83)86-39-45-26-28-48(29-27-45)70-59(79)46(24-20-30-69-62(67)81)35-52(76)56(41(4)5)71-63(82)87-65(8,9)10/h17-19,22-23,26-29,31,33,40-43,46-47,49-50,53,56-58H,16,20-21,24-25,30,32,34-39H2,1-15H3,(H,70,79)(H,71,82)(H,72,83)(H3,67,69,81)/t42-,43-,46+,47+,49-,50-,53+,56-,57-,58+/m0/s1. The van der Waals surface area contributed by atoms with Crippen molar-refractivity contribution in [2.45, 2.75) is 201 Å². The number of alkyl carbamates (subject to hydrolysis) is 2. The van der Waals surface area contributed by atoms with E-state index in [0.717, 1.165) is 17.0 Å². The number of urea groups is 1. The molecule has 0 unspecified atom stereocenters. The largest absolute Gasteiger partial charge is 0.445 e. The number of nitrogens with one attached hydrogen (secondary N) is 4. The lowest BCUT2D eigenvalue weighted by atomic mass is 9.83. The maximum absolute atomic E-state index is 14.8. The predicted molar refractivity (Wildman–Crippen MR) is 339 cm³/mol. The van der Waals surface area contributed by atoms with E-state index >= 15 is 0 Å². The van der Waals surface area contributed by atoms with E-state index in [1.165, 1.54) is 18.4 Å². The maximum atomic E-state index is 14.8. The van der Waals surface area contributed by atoms with Gasteiger partial charge in [-0.2, -0.15) is 0 Å². The molecule has 1 aliphatic heterocycles. The van der Waals surface area contributed by atoms with Crippen molar-refractivity contribution in [1.29, 1.82) is 0 Å². The number of aromatic nitrogens is 1. The van der Waals surface area contributed by atoms with Gasteiger partial charge in [-0.1, -0.05) is 97.4 Å². The lowest BCUT2D eigenvalue weighted by molar-refractivity contribution is -0.149. The van der Waals surface area contributed by atoms with Crippen molar-refractivity contribution >= 4 is 70.3 Å². The molecule has 0 bridgehead atoms. The second kappa shape index (κ2) is 34.8. The van der Waals surface area contributed by atoms with Crippen molar-refractivity contribution in [3.8, 4) is 0 Å². The number of primary amides is 1. The first-order chi connectivity index (χ1) is 41.4. The van der Waals surface area contributed by atoms with E-state index in [2.05, 4.69) is 38.4 Å². The van der Waals surface area contributed by atoms with Gasteiger partial charge in [-0.3, -0.25) is 28.8 Å². The molecule has 10 atom stereocenters. The number of hydrogen-bond acceptors (Lipinski definition) is 15. The van der Waals surface area contributed by atoms with Crippen LogP contribution >= 0.6 is 11.3 Å². The van der Waals surface area contributed by atoms with E-state index in [-0.39, 0.29) is 98.4 Å². The number of rotatable bonds is 35. The molecule has 7 amide bonds. The van der Waals surface area contributed by atoms with Gasteiger partial charge in [0, 0.05) is 94.6 Å². The van der Waals surface area contributed by atoms with Crippen LogP contribution in [0.15, 0.2) is 66.2 Å². The summed E-state index contributed by atoms with van der Waals surface area (Å²) in [6.45, 7) is 21.9. The lowest BCUT2D eigenvalue weighted by Gasteiger charge is -2.41. The predicted octanol–water partition coefficient (Wildman–Crippen LogP) is 9.80. The molecular weight excluding hydrogens is 1140 g/mol. The summed E-state index contributed by atoms with van der Waals surface area (Å²) in [4.78, 5) is 130. The van der Waals surface area contributed by atoms with Crippen LogP contribution in [0.5, 0.6) is 0 Å². The molecule has 488 valence electrons. The zero-order valence-electron chi connectivity index (χ0n) is 54.6. The molecule has 2 heterocycles. The third-order valence-corrected chi connectivity index (χ3v) is 17.6. The highest BCUT2D eigenvalue weighted by Crippen LogP contribution is 2.34. The van der Waals surface area contributed by atoms with E-state index in [1.54, 1.807) is 98.0 Å². The van der Waals surface area contributed by atoms with Crippen molar-refractivity contribution in [3.63, 3.8) is 0 Å². The minimum absolute atomic E-state index is 0.0332. The normalized spacial score (nSPS) is 16.6. The number of methoxy groups -OCH3 is 2. The Morgan fingerprint density at radius 2 is 1.49 bits per heavy atom. The Hall–Kier alpha value is -6.78. The number of anilines is 1. The average Bonchev–Trinajstić information content (AvgIpc) is 4.39. The fourth-order valence-electron chi connectivity index (χ4n) is 11.4. The number of nitrogens with zero attached hydrogens (tertiary/aromatic N) is 3. The van der Waals surface area contributed by atoms with Gasteiger partial charge >= 0.3 is 18.2 Å². The average molecular weight is 1250 g/mol. The van der Waals surface area contributed by atoms with Gasteiger partial charge in [0.25, 0.3) is 0 Å². The zero-order valence-corrected chi connectivity index (χ0v) is 55.4. The second-order valence-electron chi connectivity index (χ2n) is 25.7. The van der Waals surface area contributed by atoms with Crippen LogP contribution in [0.2, 0.25) is 0 Å². The molecule has 0 radical (unpaired) electrons. The zero-order chi connectivity index (χ0) is 65.6. The van der Waals surface area contributed by atoms with Gasteiger partial charge in [0.15, 0.2) is 11.6 Å². The Labute approximate surface area is 525 Å². The van der Waals surface area contributed by atoms with Gasteiger partial charge in [0.2, 0.25) is 17.7 Å². The maximum Gasteiger partial charge on any atom is 0.408 e. The van der Waals surface area contributed by atoms with Crippen molar-refractivity contribution < 1.29 is 62.1 Å². The summed E-state index contributed by atoms with van der Waals surface area (Å²) in [7, 11) is 4.81. The molecule has 88 heavy (non-hydrogen) atoms. The number of nitrogens with two attached hydrogens (primary N) is 1. The van der Waals surface area contributed by atoms with Crippen LogP contribution in [0, 0.1) is 35.5 Å². The summed E-state index contributed by atoms with van der Waals surface area (Å²) in [5, 5.41) is 13.5. The SMILES string of the molecule is CC[C@H](C)[C@@H]([C@@H](CC(=O)N1CCC[C@H]1[C@H](OC)[C@@H](C)C(=O)C[C@@H](Cc1ccccc1)c1nccs1)OC)N(C)C(=O)[C@@H](CC(=O)C(C)(C)NC(=O)OCc1ccc(NC(=O)[C@H](CCCNC(N)=O)CC(=O)[C@@H](NC(=O)OC(C)(C)C)C(C)C)cc1)C(C)C. The number of likely N-dealkylation sites (N-methyl/N-ethyl adjacent to an activating group) is 1. The van der Waals surface area contributed by atoms with Gasteiger partial charge < -0.3 is 55.7 Å². The summed E-state index contributed by atoms with van der Waals surface area (Å²) in [5.41, 5.74) is 5.05. The van der Waals surface area contributed by atoms with Gasteiger partial charge in [-0.15, -0.1) is 11.3 Å². The van der Waals surface area contributed by atoms with E-state index < -0.39 is 83.1 Å². The Morgan fingerprint density at radius 3 is 2.06 bits per heavy atom. The Bertz CT molecular complexity index is 2750. The molecule has 6 N–H and O–H groups in total. The van der Waals surface area contributed by atoms with Crippen molar-refractivity contribution in [2.24, 2.45) is 41.2 Å². The summed E-state index contributed by atoms with van der Waals surface area (Å²) >= 11 is 1.54. The summed E-state index contributed by atoms with van der Waals surface area (Å²) in [6, 6.07) is 14.0. The van der Waals surface area contributed by atoms with Gasteiger partial charge in [0.1, 0.15) is 18.0 Å². The number of carbonyl (C=O) groups is 9. The molecule has 0 saturated carbocycles. The van der Waals surface area contributed by atoms with Gasteiger partial charge in [-0.25, -0.2) is 19.4 Å². The minimum Gasteiger partial charge on any atom is -0.445 e. The second-order valence-corrected chi connectivity index (χ2v) is 26.6. The first kappa shape index (κ1) is 73.7. The lowest BCUT2D eigenvalue weighted by Crippen LogP contribution is -2.55. The first-order valence-electron chi connectivity index (χ1n) is 30.9. The molecule has 3 aromatic rings. The van der Waals surface area contributed by atoms with Crippen LogP contribution in [-0.2, 0) is 60.7 Å². The van der Waals surface area contributed by atoms with Crippen molar-refractivity contribution in [2.75, 3.05) is 39.7 Å². The van der Waals surface area contributed by atoms with Crippen LogP contribution in [0.1, 0.15) is 163 Å². The van der Waals surface area contributed by atoms with Crippen LogP contribution < -0.4 is 27.0 Å². The minimum atomic E-state index is -1.46. The molecule has 1 aliphatic rings. The number of Topliss-reactive ketones (excluding diaryl/α,β-unsaturated/α-hetero) is 3. The van der Waals surface area contributed by atoms with E-state index in [9.17, 15) is 43.2 Å². The van der Waals surface area contributed by atoms with E-state index in [0.29, 0.717) is 43.5 Å². The molecule has 0 spiro atoms. The highest BCUT2D eigenvalue weighted by molar-refractivity contribution is 7.09. The summed E-state index contributed by atoms with van der Waals surface area (Å²) < 4.78 is 23.1. The van der Waals surface area contributed by atoms with Crippen LogP contribution in [0.25, 0.3) is 0 Å². The van der Waals surface area contributed by atoms with Crippen LogP contribution in [0.3, 0.4) is 0 Å². The number of carbonyl (C=O) groups excluding carboxylic acids is 9. The smallest absolute Gasteiger partial charge is 0.408 e. The molecular formula is C66H100N8O13S. The highest BCUT2D eigenvalue weighted by atomic mass is 32.1. The third-order valence-electron chi connectivity index (χ3n) is 16.7. The van der Waals surface area contributed by atoms with Gasteiger partial charge in [-0.05, 0) is 108 Å². The van der Waals surface area contributed by atoms with Crippen molar-refractivity contribution in [3.05, 3.63) is 82.3 Å². The number of benzene rings is 2. The molecule has 4 rings (SSSR count). The number of hydrogen-bond donors (Lipinski definition) is 5. The van der Waals surface area contributed by atoms with E-state index in [4.69, 9.17) is 24.7 Å². The molecule has 1 fully saturated rings. The summed E-state index contributed by atoms with van der Waals surface area (Å²) in [5.74, 6) is -4.65. The number of likely N-dealkylation sites (tertiary alicyclic amines) is 1. The Kier molecular flexibility index (Phi) is 29.2. The topological polar surface area (TPSA) is 284 Å². The van der Waals surface area contributed by atoms with Gasteiger partial charge in [0.05, 0.1) is 47.3 Å². The Morgan fingerprint density at radius 1 is 0.818 bits per heavy atom. The molecule has 2 aromatic carbocycles. The van der Waals surface area contributed by atoms with Crippen LogP contribution in [0.4, 0.5) is 20.1 Å². The number of ketones is 3. The number of ether oxygens (including phenoxy) is 4. The molecule has 1 aromatic heterocycles. The van der Waals surface area contributed by atoms with E-state index in [1.807, 2.05) is 63.1 Å². The van der Waals surface area contributed by atoms with Crippen molar-refractivity contribution in [1.82, 2.24) is 30.7 Å². The summed E-state index contributed by atoms with van der Waals surface area (Å²) in [6.07, 6.45) is 1.97.